The Morgan fingerprint density at radius 3 is 2.61 bits per heavy atom. The van der Waals surface area contributed by atoms with Crippen LogP contribution < -0.4 is 14.8 Å². The monoisotopic (exact) mass is 560 g/mol. The van der Waals surface area contributed by atoms with E-state index in [0.717, 1.165) is 31.2 Å². The zero-order valence-electron chi connectivity index (χ0n) is 24.2. The molecule has 5 rings (SSSR count). The van der Waals surface area contributed by atoms with Gasteiger partial charge in [-0.2, -0.15) is 0 Å². The SMILES string of the molecule is COC(=O)[C@@]12C[C@@H](CC(=O)NCCCCc3ccccc3)C(=O)N(Cc3ccc4c(c3)OCO4)C1=CCC(C)(C)C2. The van der Waals surface area contributed by atoms with Crippen LogP contribution in [0.15, 0.2) is 60.3 Å². The number of nitrogens with one attached hydrogen (secondary N) is 1. The lowest BCUT2D eigenvalue weighted by Gasteiger charge is -2.51. The highest BCUT2D eigenvalue weighted by atomic mass is 16.7. The van der Waals surface area contributed by atoms with Gasteiger partial charge in [0.25, 0.3) is 0 Å². The van der Waals surface area contributed by atoms with Crippen LogP contribution in [-0.4, -0.2) is 43.1 Å². The molecule has 8 nitrogen and oxygen atoms in total. The van der Waals surface area contributed by atoms with Gasteiger partial charge in [0.15, 0.2) is 11.5 Å². The minimum Gasteiger partial charge on any atom is -0.468 e. The second-order valence-corrected chi connectivity index (χ2v) is 12.2. The first-order chi connectivity index (χ1) is 19.7. The van der Waals surface area contributed by atoms with Crippen LogP contribution in [0, 0.1) is 16.7 Å². The van der Waals surface area contributed by atoms with Crippen LogP contribution in [0.3, 0.4) is 0 Å². The zero-order chi connectivity index (χ0) is 29.0. The molecule has 3 aliphatic rings. The minimum absolute atomic E-state index is 0.0294. The molecule has 0 spiro atoms. The quantitative estimate of drug-likeness (QED) is 0.319. The third kappa shape index (κ3) is 6.26. The fourth-order valence-corrected chi connectivity index (χ4v) is 6.56. The Labute approximate surface area is 242 Å². The molecule has 1 N–H and O–H groups in total. The summed E-state index contributed by atoms with van der Waals surface area (Å²) in [4.78, 5) is 42.3. The number of benzene rings is 2. The molecule has 1 saturated heterocycles. The van der Waals surface area contributed by atoms with E-state index in [-0.39, 0.29) is 49.4 Å². The number of hydrogen-bond acceptors (Lipinski definition) is 6. The first kappa shape index (κ1) is 28.7. The van der Waals surface area contributed by atoms with Gasteiger partial charge < -0.3 is 24.4 Å². The van der Waals surface area contributed by atoms with E-state index in [2.05, 4.69) is 31.3 Å². The molecule has 1 fully saturated rings. The number of likely N-dealkylation sites (tertiary alicyclic amines) is 1. The number of unbranched alkanes of at least 4 members (excludes halogenated alkanes) is 1. The molecule has 0 saturated carbocycles. The number of esters is 1. The van der Waals surface area contributed by atoms with Gasteiger partial charge in [0.05, 0.1) is 13.7 Å². The molecule has 0 radical (unpaired) electrons. The van der Waals surface area contributed by atoms with Crippen molar-refractivity contribution in [3.8, 4) is 11.5 Å². The summed E-state index contributed by atoms with van der Waals surface area (Å²) >= 11 is 0. The van der Waals surface area contributed by atoms with Gasteiger partial charge in [0.2, 0.25) is 18.6 Å². The van der Waals surface area contributed by atoms with Crippen molar-refractivity contribution in [3.05, 3.63) is 71.4 Å². The van der Waals surface area contributed by atoms with Crippen LogP contribution in [0.25, 0.3) is 0 Å². The van der Waals surface area contributed by atoms with Gasteiger partial charge in [0, 0.05) is 24.6 Å². The first-order valence-corrected chi connectivity index (χ1v) is 14.5. The summed E-state index contributed by atoms with van der Waals surface area (Å²) in [6, 6.07) is 15.9. The summed E-state index contributed by atoms with van der Waals surface area (Å²) < 4.78 is 16.4. The van der Waals surface area contributed by atoms with E-state index in [4.69, 9.17) is 14.2 Å². The van der Waals surface area contributed by atoms with Gasteiger partial charge in [-0.25, -0.2) is 0 Å². The number of ether oxygens (including phenoxy) is 3. The van der Waals surface area contributed by atoms with Gasteiger partial charge in [-0.05, 0) is 67.2 Å². The van der Waals surface area contributed by atoms with E-state index in [0.29, 0.717) is 30.2 Å². The molecule has 2 aliphatic heterocycles. The zero-order valence-corrected chi connectivity index (χ0v) is 24.2. The average molecular weight is 561 g/mol. The van der Waals surface area contributed by atoms with Crippen LogP contribution in [0.4, 0.5) is 0 Å². The Morgan fingerprint density at radius 2 is 1.83 bits per heavy atom. The normalized spacial score (nSPS) is 22.5. The number of fused-ring (bicyclic) bond motifs is 2. The molecule has 8 heteroatoms. The molecule has 2 aromatic carbocycles. The molecule has 2 atom stereocenters. The Balaban J connectivity index is 1.32. The third-order valence-electron chi connectivity index (χ3n) is 8.46. The summed E-state index contributed by atoms with van der Waals surface area (Å²) in [6.07, 6.45) is 6.36. The van der Waals surface area contributed by atoms with Gasteiger partial charge in [-0.1, -0.05) is 56.3 Å². The van der Waals surface area contributed by atoms with Crippen molar-refractivity contribution in [1.82, 2.24) is 10.2 Å². The predicted octanol–water partition coefficient (Wildman–Crippen LogP) is 5.16. The summed E-state index contributed by atoms with van der Waals surface area (Å²) in [7, 11) is 1.39. The molecule has 41 heavy (non-hydrogen) atoms. The average Bonchev–Trinajstić information content (AvgIpc) is 3.42. The number of allylic oxidation sites excluding steroid dienone is 1. The number of piperidine rings is 1. The molecule has 2 amide bonds. The lowest BCUT2D eigenvalue weighted by atomic mass is 9.59. The largest absolute Gasteiger partial charge is 0.468 e. The van der Waals surface area contributed by atoms with Crippen molar-refractivity contribution in [1.29, 1.82) is 0 Å². The molecule has 0 aromatic heterocycles. The Kier molecular flexibility index (Phi) is 8.38. The van der Waals surface area contributed by atoms with Crippen LogP contribution >= 0.6 is 0 Å². The number of nitrogens with zero attached hydrogens (tertiary/aromatic N) is 1. The van der Waals surface area contributed by atoms with E-state index in [1.54, 1.807) is 4.90 Å². The maximum atomic E-state index is 14.0. The molecular formula is C33H40N2O6. The van der Waals surface area contributed by atoms with E-state index < -0.39 is 11.3 Å². The number of hydrogen-bond donors (Lipinski definition) is 1. The van der Waals surface area contributed by atoms with E-state index in [1.807, 2.05) is 42.5 Å². The van der Waals surface area contributed by atoms with Crippen molar-refractivity contribution in [2.24, 2.45) is 16.7 Å². The number of methoxy groups -OCH3 is 1. The van der Waals surface area contributed by atoms with Crippen molar-refractivity contribution >= 4 is 17.8 Å². The number of carbonyl (C=O) groups excluding carboxylic acids is 3. The van der Waals surface area contributed by atoms with E-state index in [9.17, 15) is 14.4 Å². The number of amides is 2. The van der Waals surface area contributed by atoms with Gasteiger partial charge in [0.1, 0.15) is 5.41 Å². The van der Waals surface area contributed by atoms with Crippen LogP contribution in [0.2, 0.25) is 0 Å². The summed E-state index contributed by atoms with van der Waals surface area (Å²) in [6.45, 7) is 5.23. The number of rotatable bonds is 10. The fourth-order valence-electron chi connectivity index (χ4n) is 6.56. The van der Waals surface area contributed by atoms with Crippen molar-refractivity contribution in [2.75, 3.05) is 20.4 Å². The molecule has 2 aromatic rings. The molecule has 0 unspecified atom stereocenters. The maximum absolute atomic E-state index is 14.0. The molecular weight excluding hydrogens is 520 g/mol. The summed E-state index contributed by atoms with van der Waals surface area (Å²) in [5.41, 5.74) is 1.66. The van der Waals surface area contributed by atoms with Gasteiger partial charge >= 0.3 is 5.97 Å². The number of aryl methyl sites for hydroxylation is 1. The molecule has 1 aliphatic carbocycles. The highest BCUT2D eigenvalue weighted by Gasteiger charge is 2.57. The highest BCUT2D eigenvalue weighted by molar-refractivity contribution is 5.92. The lowest BCUT2D eigenvalue weighted by Crippen LogP contribution is -2.55. The maximum Gasteiger partial charge on any atom is 0.317 e. The van der Waals surface area contributed by atoms with Crippen molar-refractivity contribution < 1.29 is 28.6 Å². The Bertz CT molecular complexity index is 1320. The minimum atomic E-state index is -0.999. The van der Waals surface area contributed by atoms with Crippen molar-refractivity contribution in [2.45, 2.75) is 65.3 Å². The topological polar surface area (TPSA) is 94.2 Å². The van der Waals surface area contributed by atoms with Gasteiger partial charge in [-0.15, -0.1) is 0 Å². The molecule has 0 bridgehead atoms. The standard InChI is InChI=1S/C33H40N2O6/c1-32(2)15-14-28-33(21-32,31(38)39-3)19-25(18-29(36)34-16-8-7-11-23-9-5-4-6-10-23)30(37)35(28)20-24-12-13-26-27(17-24)41-22-40-26/h4-6,9-10,12-14,17,25H,7-8,11,15-16,18-22H2,1-3H3,(H,34,36)/t25-,33-/m1/s1. The van der Waals surface area contributed by atoms with Crippen LogP contribution in [-0.2, 0) is 32.1 Å². The molecule has 218 valence electrons. The second-order valence-electron chi connectivity index (χ2n) is 12.2. The Hall–Kier alpha value is -3.81. The fraction of sp³-hybridized carbons (Fsp3) is 0.485. The van der Waals surface area contributed by atoms with Crippen LogP contribution in [0.5, 0.6) is 11.5 Å². The summed E-state index contributed by atoms with van der Waals surface area (Å²) in [5.74, 6) is -0.0155. The number of carbonyl (C=O) groups is 3. The highest BCUT2D eigenvalue weighted by Crippen LogP contribution is 2.55. The predicted molar refractivity (Wildman–Crippen MR) is 154 cm³/mol. The van der Waals surface area contributed by atoms with Crippen molar-refractivity contribution in [3.63, 3.8) is 0 Å². The lowest BCUT2D eigenvalue weighted by molar-refractivity contribution is -0.162. The Morgan fingerprint density at radius 1 is 1.05 bits per heavy atom. The second kappa shape index (κ2) is 12.0. The third-order valence-corrected chi connectivity index (χ3v) is 8.46. The van der Waals surface area contributed by atoms with E-state index >= 15 is 0 Å². The first-order valence-electron chi connectivity index (χ1n) is 14.5. The van der Waals surface area contributed by atoms with Gasteiger partial charge in [-0.3, -0.25) is 14.4 Å². The van der Waals surface area contributed by atoms with E-state index in [1.165, 1.54) is 12.7 Å². The molecule has 2 heterocycles. The van der Waals surface area contributed by atoms with Crippen LogP contribution in [0.1, 0.15) is 63.5 Å². The smallest absolute Gasteiger partial charge is 0.317 e. The summed E-state index contributed by atoms with van der Waals surface area (Å²) in [5, 5.41) is 3.00.